The molecule has 1 aliphatic carbocycles. The van der Waals surface area contributed by atoms with E-state index in [1.165, 1.54) is 19.2 Å². The number of halogens is 1. The van der Waals surface area contributed by atoms with Crippen molar-refractivity contribution in [2.75, 3.05) is 19.0 Å². The van der Waals surface area contributed by atoms with E-state index >= 15 is 0 Å². The van der Waals surface area contributed by atoms with E-state index in [4.69, 9.17) is 9.47 Å². The second kappa shape index (κ2) is 8.42. The second-order valence-corrected chi connectivity index (χ2v) is 6.86. The molecule has 3 rings (SSSR count). The minimum Gasteiger partial charge on any atom is -0.496 e. The monoisotopic (exact) mass is 385 g/mol. The number of carbonyl (C=O) groups excluding carboxylic acids is 2. The Bertz CT molecular complexity index is 875. The number of rotatable bonds is 6. The molecule has 2 aromatic carbocycles. The molecule has 1 fully saturated rings. The zero-order valence-corrected chi connectivity index (χ0v) is 16.1. The van der Waals surface area contributed by atoms with Crippen LogP contribution in [-0.4, -0.2) is 25.6 Å². The van der Waals surface area contributed by atoms with Crippen molar-refractivity contribution in [3.8, 4) is 5.75 Å². The third-order valence-electron chi connectivity index (χ3n) is 5.23. The number of ether oxygens (including phenoxy) is 2. The first-order valence-electron chi connectivity index (χ1n) is 9.43. The molecule has 1 N–H and O–H groups in total. The molecule has 5 nitrogen and oxygen atoms in total. The van der Waals surface area contributed by atoms with Gasteiger partial charge in [0, 0.05) is 11.3 Å². The molecule has 2 aromatic rings. The third kappa shape index (κ3) is 3.72. The van der Waals surface area contributed by atoms with Crippen molar-refractivity contribution >= 4 is 17.6 Å². The molecule has 0 bridgehead atoms. The molecule has 0 saturated heterocycles. The highest BCUT2D eigenvalue weighted by Crippen LogP contribution is 2.43. The van der Waals surface area contributed by atoms with E-state index in [-0.39, 0.29) is 23.9 Å². The molecule has 0 atom stereocenters. The Balaban J connectivity index is 1.92. The number of nitrogens with one attached hydrogen (secondary N) is 1. The van der Waals surface area contributed by atoms with E-state index in [9.17, 15) is 14.0 Å². The summed E-state index contributed by atoms with van der Waals surface area (Å²) in [5.41, 5.74) is 0.184. The highest BCUT2D eigenvalue weighted by atomic mass is 19.1. The van der Waals surface area contributed by atoms with E-state index in [0.29, 0.717) is 29.8 Å². The van der Waals surface area contributed by atoms with Gasteiger partial charge in [-0.1, -0.05) is 31.0 Å². The van der Waals surface area contributed by atoms with Crippen molar-refractivity contribution in [1.82, 2.24) is 0 Å². The van der Waals surface area contributed by atoms with E-state index in [0.717, 1.165) is 12.8 Å². The number of amides is 1. The molecule has 0 spiro atoms. The van der Waals surface area contributed by atoms with Crippen LogP contribution in [0, 0.1) is 5.82 Å². The standard InChI is InChI=1S/C22H24FNO4/c1-3-28-20(25)16-14-15(10-11-19(16)27-2)24-21(26)22(12-6-7-13-22)17-8-4-5-9-18(17)23/h4-5,8-11,14H,3,6-7,12-13H2,1-2H3,(H,24,26). The SMILES string of the molecule is CCOC(=O)c1cc(NC(=O)C2(c3ccccc3F)CCCC2)ccc1OC. The maximum Gasteiger partial charge on any atom is 0.341 e. The summed E-state index contributed by atoms with van der Waals surface area (Å²) in [6.07, 6.45) is 2.89. The van der Waals surface area contributed by atoms with Crippen LogP contribution in [0.5, 0.6) is 5.75 Å². The number of hydrogen-bond acceptors (Lipinski definition) is 4. The Labute approximate surface area is 163 Å². The Kier molecular flexibility index (Phi) is 5.97. The summed E-state index contributed by atoms with van der Waals surface area (Å²) < 4.78 is 24.7. The van der Waals surface area contributed by atoms with Gasteiger partial charge in [0.25, 0.3) is 0 Å². The maximum absolute atomic E-state index is 14.5. The summed E-state index contributed by atoms with van der Waals surface area (Å²) in [5, 5.41) is 2.87. The second-order valence-electron chi connectivity index (χ2n) is 6.86. The lowest BCUT2D eigenvalue weighted by Crippen LogP contribution is -2.38. The molecule has 0 aromatic heterocycles. The predicted molar refractivity (Wildman–Crippen MR) is 104 cm³/mol. The van der Waals surface area contributed by atoms with Gasteiger partial charge in [0.2, 0.25) is 5.91 Å². The van der Waals surface area contributed by atoms with Gasteiger partial charge in [-0.2, -0.15) is 0 Å². The van der Waals surface area contributed by atoms with E-state index in [1.54, 1.807) is 37.3 Å². The van der Waals surface area contributed by atoms with Crippen molar-refractivity contribution in [3.05, 3.63) is 59.4 Å². The lowest BCUT2D eigenvalue weighted by molar-refractivity contribution is -0.121. The van der Waals surface area contributed by atoms with Gasteiger partial charge in [0.05, 0.1) is 19.1 Å². The van der Waals surface area contributed by atoms with E-state index < -0.39 is 11.4 Å². The molecular weight excluding hydrogens is 361 g/mol. The van der Waals surface area contributed by atoms with Gasteiger partial charge in [-0.3, -0.25) is 4.79 Å². The average molecular weight is 385 g/mol. The van der Waals surface area contributed by atoms with Crippen LogP contribution >= 0.6 is 0 Å². The normalized spacial score (nSPS) is 15.1. The quantitative estimate of drug-likeness (QED) is 0.746. The van der Waals surface area contributed by atoms with Crippen molar-refractivity contribution in [2.45, 2.75) is 38.0 Å². The van der Waals surface area contributed by atoms with Crippen LogP contribution in [-0.2, 0) is 14.9 Å². The van der Waals surface area contributed by atoms with Gasteiger partial charge in [-0.05, 0) is 44.0 Å². The van der Waals surface area contributed by atoms with Crippen LogP contribution in [0.4, 0.5) is 10.1 Å². The number of anilines is 1. The minimum absolute atomic E-state index is 0.230. The van der Waals surface area contributed by atoms with Crippen LogP contribution in [0.15, 0.2) is 42.5 Å². The fraction of sp³-hybridized carbons (Fsp3) is 0.364. The van der Waals surface area contributed by atoms with Crippen molar-refractivity contribution < 1.29 is 23.5 Å². The highest BCUT2D eigenvalue weighted by molar-refractivity contribution is 6.01. The largest absolute Gasteiger partial charge is 0.496 e. The molecule has 0 aliphatic heterocycles. The Morgan fingerprint density at radius 3 is 2.50 bits per heavy atom. The molecule has 1 aliphatic rings. The predicted octanol–water partition coefficient (Wildman–Crippen LogP) is 4.46. The first-order chi connectivity index (χ1) is 13.5. The summed E-state index contributed by atoms with van der Waals surface area (Å²) in [4.78, 5) is 25.4. The Hall–Kier alpha value is -2.89. The molecule has 148 valence electrons. The third-order valence-corrected chi connectivity index (χ3v) is 5.23. The first kappa shape index (κ1) is 19.9. The van der Waals surface area contributed by atoms with Gasteiger partial charge in [-0.25, -0.2) is 9.18 Å². The number of benzene rings is 2. The molecule has 28 heavy (non-hydrogen) atoms. The summed E-state index contributed by atoms with van der Waals surface area (Å²) in [6, 6.07) is 11.2. The first-order valence-corrected chi connectivity index (χ1v) is 9.43. The van der Waals surface area contributed by atoms with Crippen LogP contribution in [0.3, 0.4) is 0 Å². The molecule has 0 heterocycles. The van der Waals surface area contributed by atoms with Crippen molar-refractivity contribution in [2.24, 2.45) is 0 Å². The minimum atomic E-state index is -0.907. The van der Waals surface area contributed by atoms with Crippen LogP contribution in [0.25, 0.3) is 0 Å². The van der Waals surface area contributed by atoms with Gasteiger partial charge in [-0.15, -0.1) is 0 Å². The summed E-state index contributed by atoms with van der Waals surface area (Å²) in [5.74, 6) is -0.808. The Morgan fingerprint density at radius 2 is 1.86 bits per heavy atom. The van der Waals surface area contributed by atoms with E-state index in [2.05, 4.69) is 5.32 Å². The van der Waals surface area contributed by atoms with Crippen molar-refractivity contribution in [1.29, 1.82) is 0 Å². The number of methoxy groups -OCH3 is 1. The molecule has 1 amide bonds. The fourth-order valence-corrected chi connectivity index (χ4v) is 3.85. The van der Waals surface area contributed by atoms with Gasteiger partial charge < -0.3 is 14.8 Å². The molecular formula is C22H24FNO4. The lowest BCUT2D eigenvalue weighted by Gasteiger charge is -2.28. The average Bonchev–Trinajstić information content (AvgIpc) is 3.19. The van der Waals surface area contributed by atoms with Gasteiger partial charge in [0.1, 0.15) is 17.1 Å². The summed E-state index contributed by atoms with van der Waals surface area (Å²) >= 11 is 0. The van der Waals surface area contributed by atoms with Crippen molar-refractivity contribution in [3.63, 3.8) is 0 Å². The highest BCUT2D eigenvalue weighted by Gasteiger charge is 2.44. The molecule has 1 saturated carbocycles. The van der Waals surface area contributed by atoms with Crippen LogP contribution in [0.1, 0.15) is 48.5 Å². The number of carbonyl (C=O) groups is 2. The molecule has 0 unspecified atom stereocenters. The summed E-state index contributed by atoms with van der Waals surface area (Å²) in [6.45, 7) is 1.95. The summed E-state index contributed by atoms with van der Waals surface area (Å²) in [7, 11) is 1.46. The number of esters is 1. The van der Waals surface area contributed by atoms with Gasteiger partial charge >= 0.3 is 5.97 Å². The smallest absolute Gasteiger partial charge is 0.341 e. The molecule has 6 heteroatoms. The van der Waals surface area contributed by atoms with Crippen LogP contribution in [0.2, 0.25) is 0 Å². The topological polar surface area (TPSA) is 64.6 Å². The fourth-order valence-electron chi connectivity index (χ4n) is 3.85. The zero-order valence-electron chi connectivity index (χ0n) is 16.1. The Morgan fingerprint density at radius 1 is 1.14 bits per heavy atom. The molecule has 0 radical (unpaired) electrons. The van der Waals surface area contributed by atoms with Crippen LogP contribution < -0.4 is 10.1 Å². The maximum atomic E-state index is 14.5. The number of hydrogen-bond donors (Lipinski definition) is 1. The van der Waals surface area contributed by atoms with Gasteiger partial charge in [0.15, 0.2) is 0 Å². The van der Waals surface area contributed by atoms with E-state index in [1.807, 2.05) is 0 Å². The zero-order chi connectivity index (χ0) is 20.1. The lowest BCUT2D eigenvalue weighted by atomic mass is 9.77.